The summed E-state index contributed by atoms with van der Waals surface area (Å²) in [5.41, 5.74) is 3.92. The smallest absolute Gasteiger partial charge is 0.271 e. The molecule has 0 aliphatic carbocycles. The maximum absolute atomic E-state index is 13.2. The second-order valence-electron chi connectivity index (χ2n) is 11.3. The van der Waals surface area contributed by atoms with E-state index in [0.717, 1.165) is 57.0 Å². The molecule has 2 aromatic heterocycles. The Labute approximate surface area is 231 Å². The van der Waals surface area contributed by atoms with E-state index in [1.54, 1.807) is 0 Å². The lowest BCUT2D eigenvalue weighted by Crippen LogP contribution is -2.39. The molecular formula is C27H43ClN8O2. The predicted molar refractivity (Wildman–Crippen MR) is 149 cm³/mol. The van der Waals surface area contributed by atoms with Crippen molar-refractivity contribution in [2.75, 3.05) is 20.2 Å². The van der Waals surface area contributed by atoms with Crippen molar-refractivity contribution in [1.82, 2.24) is 34.7 Å². The quantitative estimate of drug-likeness (QED) is 0.400. The first-order valence-corrected chi connectivity index (χ1v) is 14.1. The summed E-state index contributed by atoms with van der Waals surface area (Å²) in [6, 6.07) is 2.76. The number of hydrogen-bond donors (Lipinski definition) is 1. The number of oxime groups is 1. The predicted octanol–water partition coefficient (Wildman–Crippen LogP) is 3.77. The maximum atomic E-state index is 13.2. The molecule has 4 heterocycles. The molecule has 1 amide bonds. The molecular weight excluding hydrogens is 504 g/mol. The fourth-order valence-electron chi connectivity index (χ4n) is 5.52. The van der Waals surface area contributed by atoms with Crippen LogP contribution in [0.5, 0.6) is 0 Å². The Balaban J connectivity index is 1.45. The van der Waals surface area contributed by atoms with E-state index in [1.165, 1.54) is 7.11 Å². The highest BCUT2D eigenvalue weighted by atomic mass is 35.5. The summed E-state index contributed by atoms with van der Waals surface area (Å²) in [6.07, 6.45) is 1.86. The van der Waals surface area contributed by atoms with Gasteiger partial charge in [0.25, 0.3) is 5.91 Å². The molecule has 210 valence electrons. The number of fused-ring (bicyclic) bond motifs is 2. The van der Waals surface area contributed by atoms with Crippen LogP contribution < -0.4 is 5.32 Å². The number of rotatable bonds is 8. The number of carbonyl (C=O) groups excluding carboxylic acids is 1. The van der Waals surface area contributed by atoms with Gasteiger partial charge in [0.1, 0.15) is 24.2 Å². The minimum absolute atomic E-state index is 0.0148. The molecule has 11 heteroatoms. The Morgan fingerprint density at radius 2 is 1.84 bits per heavy atom. The van der Waals surface area contributed by atoms with Gasteiger partial charge in [-0.05, 0) is 66.4 Å². The first-order valence-electron chi connectivity index (χ1n) is 13.8. The van der Waals surface area contributed by atoms with Gasteiger partial charge >= 0.3 is 0 Å². The molecule has 0 spiro atoms. The van der Waals surface area contributed by atoms with Gasteiger partial charge in [0, 0.05) is 57.4 Å². The van der Waals surface area contributed by atoms with Gasteiger partial charge in [0.2, 0.25) is 0 Å². The van der Waals surface area contributed by atoms with E-state index in [2.05, 4.69) is 60.0 Å². The van der Waals surface area contributed by atoms with Crippen molar-refractivity contribution in [1.29, 1.82) is 0 Å². The molecule has 0 fully saturated rings. The molecule has 38 heavy (non-hydrogen) atoms. The second-order valence-corrected chi connectivity index (χ2v) is 11.7. The van der Waals surface area contributed by atoms with Gasteiger partial charge in [-0.1, -0.05) is 16.8 Å². The topological polar surface area (TPSA) is 92.8 Å². The van der Waals surface area contributed by atoms with Crippen molar-refractivity contribution >= 4 is 23.2 Å². The Morgan fingerprint density at radius 3 is 2.53 bits per heavy atom. The number of hydrogen-bond acceptors (Lipinski definition) is 7. The zero-order valence-electron chi connectivity index (χ0n) is 23.9. The van der Waals surface area contributed by atoms with Crippen LogP contribution in [-0.4, -0.2) is 79.3 Å². The van der Waals surface area contributed by atoms with Crippen LogP contribution in [0, 0.1) is 5.92 Å². The highest BCUT2D eigenvalue weighted by Crippen LogP contribution is 2.29. The van der Waals surface area contributed by atoms with Crippen LogP contribution in [0.25, 0.3) is 0 Å². The fourth-order valence-corrected chi connectivity index (χ4v) is 5.85. The summed E-state index contributed by atoms with van der Waals surface area (Å²) in [4.78, 5) is 23.0. The second kappa shape index (κ2) is 12.2. The Hall–Kier alpha value is -2.43. The number of aryl methyl sites for hydroxylation is 1. The summed E-state index contributed by atoms with van der Waals surface area (Å²) >= 11 is 6.77. The summed E-state index contributed by atoms with van der Waals surface area (Å²) in [5.74, 6) is 0.177. The molecule has 2 atom stereocenters. The number of carbonyl (C=O) groups is 1. The molecule has 2 unspecified atom stereocenters. The lowest BCUT2D eigenvalue weighted by Gasteiger charge is -2.29. The van der Waals surface area contributed by atoms with E-state index in [0.29, 0.717) is 40.8 Å². The van der Waals surface area contributed by atoms with Crippen LogP contribution in [0.1, 0.15) is 82.0 Å². The van der Waals surface area contributed by atoms with Gasteiger partial charge in [0.15, 0.2) is 0 Å². The first kappa shape index (κ1) is 28.6. The zero-order chi connectivity index (χ0) is 27.6. The zero-order valence-corrected chi connectivity index (χ0v) is 24.6. The molecule has 0 saturated carbocycles. The molecule has 10 nitrogen and oxygen atoms in total. The molecule has 0 bridgehead atoms. The summed E-state index contributed by atoms with van der Waals surface area (Å²) in [6.45, 7) is 17.8. The number of halogens is 1. The number of nitrogens with one attached hydrogen (secondary N) is 1. The van der Waals surface area contributed by atoms with Gasteiger partial charge in [-0.2, -0.15) is 10.2 Å². The molecule has 0 radical (unpaired) electrons. The monoisotopic (exact) mass is 546 g/mol. The standard InChI is InChI=1S/C27H43ClN8O2/c1-17(2)33-9-8-10-35-22(15-33)12-23(30-35)27(37)29-19(5)11-21-13-34(18(3)4)16-24-25(28)26(20(6)32-38-7)31-36(24)14-21/h12,17-19,21H,8-11,13-16H2,1-7H3,(H,29,37)/b32-20+. The number of amides is 1. The van der Waals surface area contributed by atoms with Crippen LogP contribution in [0.4, 0.5) is 0 Å². The minimum atomic E-state index is -0.111. The number of aromatic nitrogens is 4. The normalized spacial score (nSPS) is 20.2. The van der Waals surface area contributed by atoms with E-state index >= 15 is 0 Å². The minimum Gasteiger partial charge on any atom is -0.399 e. The molecule has 1 N–H and O–H groups in total. The van der Waals surface area contributed by atoms with Crippen molar-refractivity contribution in [3.63, 3.8) is 0 Å². The summed E-state index contributed by atoms with van der Waals surface area (Å²) in [5, 5.41) is 17.3. The highest BCUT2D eigenvalue weighted by molar-refractivity contribution is 6.34. The van der Waals surface area contributed by atoms with Crippen molar-refractivity contribution in [3.8, 4) is 0 Å². The lowest BCUT2D eigenvalue weighted by atomic mass is 9.99. The Morgan fingerprint density at radius 1 is 1.11 bits per heavy atom. The Kier molecular flexibility index (Phi) is 9.15. The molecule has 2 aliphatic rings. The molecule has 4 rings (SSSR count). The van der Waals surface area contributed by atoms with Crippen LogP contribution in [0.3, 0.4) is 0 Å². The third kappa shape index (κ3) is 6.40. The third-order valence-electron chi connectivity index (χ3n) is 7.64. The number of nitrogens with zero attached hydrogens (tertiary/aromatic N) is 7. The molecule has 2 aliphatic heterocycles. The van der Waals surface area contributed by atoms with Crippen molar-refractivity contribution in [2.24, 2.45) is 11.1 Å². The molecule has 0 saturated heterocycles. The van der Waals surface area contributed by atoms with Crippen molar-refractivity contribution in [3.05, 3.63) is 33.9 Å². The Bertz CT molecular complexity index is 1150. The van der Waals surface area contributed by atoms with Gasteiger partial charge in [-0.3, -0.25) is 24.0 Å². The summed E-state index contributed by atoms with van der Waals surface area (Å²) in [7, 11) is 1.52. The lowest BCUT2D eigenvalue weighted by molar-refractivity contribution is 0.0923. The van der Waals surface area contributed by atoms with Crippen LogP contribution in [0.15, 0.2) is 11.2 Å². The average molecular weight is 547 g/mol. The van der Waals surface area contributed by atoms with Crippen LogP contribution in [-0.2, 0) is 31.0 Å². The third-order valence-corrected chi connectivity index (χ3v) is 8.04. The summed E-state index contributed by atoms with van der Waals surface area (Å²) < 4.78 is 4.02. The van der Waals surface area contributed by atoms with Crippen molar-refractivity contribution < 1.29 is 9.63 Å². The van der Waals surface area contributed by atoms with E-state index in [1.807, 2.05) is 22.4 Å². The van der Waals surface area contributed by atoms with Gasteiger partial charge in [0.05, 0.1) is 16.4 Å². The average Bonchev–Trinajstić information content (AvgIpc) is 3.23. The first-order chi connectivity index (χ1) is 18.1. The molecule has 2 aromatic rings. The van der Waals surface area contributed by atoms with Crippen LogP contribution >= 0.6 is 11.6 Å². The SMILES string of the molecule is CO/N=C(\C)c1nn2c(c1Cl)CN(C(C)C)CC(CC(C)NC(=O)c1cc3n(n1)CCCN(C(C)C)C3)C2. The fraction of sp³-hybridized carbons (Fsp3) is 0.704. The van der Waals surface area contributed by atoms with Gasteiger partial charge in [-0.25, -0.2) is 0 Å². The van der Waals surface area contributed by atoms with E-state index < -0.39 is 0 Å². The highest BCUT2D eigenvalue weighted by Gasteiger charge is 2.30. The van der Waals surface area contributed by atoms with Crippen molar-refractivity contribution in [2.45, 2.75) is 98.7 Å². The van der Waals surface area contributed by atoms with Gasteiger partial charge in [-0.15, -0.1) is 0 Å². The largest absolute Gasteiger partial charge is 0.399 e. The maximum Gasteiger partial charge on any atom is 0.271 e. The molecule has 0 aromatic carbocycles. The van der Waals surface area contributed by atoms with Crippen LogP contribution in [0.2, 0.25) is 5.02 Å². The van der Waals surface area contributed by atoms with E-state index in [-0.39, 0.29) is 17.9 Å². The van der Waals surface area contributed by atoms with Gasteiger partial charge < -0.3 is 10.2 Å². The van der Waals surface area contributed by atoms with E-state index in [4.69, 9.17) is 21.5 Å². The van der Waals surface area contributed by atoms with E-state index in [9.17, 15) is 4.79 Å².